The van der Waals surface area contributed by atoms with E-state index in [2.05, 4.69) is 5.32 Å². The lowest BCUT2D eigenvalue weighted by Crippen LogP contribution is -2.83. The smallest absolute Gasteiger partial charge is 0.254 e. The van der Waals surface area contributed by atoms with E-state index in [9.17, 15) is 9.90 Å². The van der Waals surface area contributed by atoms with Crippen molar-refractivity contribution < 1.29 is 9.90 Å². The number of aliphatic hydroxyl groups is 1. The van der Waals surface area contributed by atoms with E-state index < -0.39 is 11.3 Å². The lowest BCUT2D eigenvalue weighted by molar-refractivity contribution is -0.207. The summed E-state index contributed by atoms with van der Waals surface area (Å²) in [7, 11) is 0. The summed E-state index contributed by atoms with van der Waals surface area (Å²) in [4.78, 5) is 12.1. The zero-order chi connectivity index (χ0) is 10.6. The molecule has 5 aliphatic carbocycles. The molecule has 0 radical (unpaired) electrons. The van der Waals surface area contributed by atoms with Crippen LogP contribution in [-0.4, -0.2) is 22.3 Å². The second-order valence-electron chi connectivity index (χ2n) is 7.03. The van der Waals surface area contributed by atoms with Crippen molar-refractivity contribution in [2.75, 3.05) is 0 Å². The fraction of sp³-hybridized carbons (Fsp3) is 0.917. The first-order valence-corrected chi connectivity index (χ1v) is 6.44. The average Bonchev–Trinajstić information content (AvgIpc) is 2.66. The largest absolute Gasteiger partial charge is 0.379 e. The summed E-state index contributed by atoms with van der Waals surface area (Å²) in [6.45, 7) is 0. The van der Waals surface area contributed by atoms with Gasteiger partial charge in [0.15, 0.2) is 0 Å². The summed E-state index contributed by atoms with van der Waals surface area (Å²) in [5, 5.41) is 13.8. The maximum absolute atomic E-state index is 12.1. The van der Waals surface area contributed by atoms with Gasteiger partial charge in [-0.2, -0.15) is 0 Å². The van der Waals surface area contributed by atoms with Gasteiger partial charge in [-0.3, -0.25) is 4.79 Å². The third kappa shape index (κ3) is 0.371. The summed E-state index contributed by atoms with van der Waals surface area (Å²) >= 11 is 0. The maximum Gasteiger partial charge on any atom is 0.254 e. The highest BCUT2D eigenvalue weighted by atomic mass is 16.3. The SMILES string of the molecule is N[C@@]12NC(=O)[C@@]3(O)[C@@H]4[C@H]5C[C@@H]([C@@H]6[C@@H]5[C@@H]3[C@H]61)[C@H]42. The van der Waals surface area contributed by atoms with Gasteiger partial charge in [-0.05, 0) is 30.1 Å². The molecule has 16 heavy (non-hydrogen) atoms. The van der Waals surface area contributed by atoms with E-state index in [4.69, 9.17) is 5.73 Å². The van der Waals surface area contributed by atoms with Gasteiger partial charge < -0.3 is 16.2 Å². The minimum atomic E-state index is -1.03. The van der Waals surface area contributed by atoms with E-state index in [-0.39, 0.29) is 17.7 Å². The summed E-state index contributed by atoms with van der Waals surface area (Å²) in [5.74, 6) is 3.70. The van der Waals surface area contributed by atoms with Crippen molar-refractivity contribution in [2.45, 2.75) is 17.7 Å². The van der Waals surface area contributed by atoms with E-state index >= 15 is 0 Å². The average molecular weight is 218 g/mol. The number of hydrogen-bond acceptors (Lipinski definition) is 3. The molecule has 84 valence electrons. The number of fused-ring (bicyclic) bond motifs is 1. The third-order valence-electron chi connectivity index (χ3n) is 7.32. The molecule has 7 fully saturated rings. The number of amides is 1. The number of nitrogens with two attached hydrogens (primary N) is 1. The molecule has 1 amide bonds. The fourth-order valence-corrected chi connectivity index (χ4v) is 7.49. The van der Waals surface area contributed by atoms with Gasteiger partial charge >= 0.3 is 0 Å². The summed E-state index contributed by atoms with van der Waals surface area (Å²) in [6.07, 6.45) is 1.23. The van der Waals surface area contributed by atoms with Crippen LogP contribution in [0, 0.1) is 47.3 Å². The Hall–Kier alpha value is -0.610. The number of rotatable bonds is 0. The van der Waals surface area contributed by atoms with Crippen LogP contribution < -0.4 is 11.1 Å². The van der Waals surface area contributed by atoms with E-state index in [1.54, 1.807) is 0 Å². The summed E-state index contributed by atoms with van der Waals surface area (Å²) in [5.41, 5.74) is 5.02. The van der Waals surface area contributed by atoms with Crippen LogP contribution in [0.25, 0.3) is 0 Å². The van der Waals surface area contributed by atoms with Gasteiger partial charge in [0.25, 0.3) is 5.91 Å². The van der Waals surface area contributed by atoms with Crippen LogP contribution >= 0.6 is 0 Å². The Balaban J connectivity index is 1.78. The fourth-order valence-electron chi connectivity index (χ4n) is 7.49. The van der Waals surface area contributed by atoms with Gasteiger partial charge in [-0.1, -0.05) is 0 Å². The Morgan fingerprint density at radius 3 is 2.69 bits per heavy atom. The molecule has 4 N–H and O–H groups in total. The van der Waals surface area contributed by atoms with E-state index in [1.807, 2.05) is 0 Å². The predicted octanol–water partition coefficient (Wildman–Crippen LogP) is -1.11. The van der Waals surface area contributed by atoms with E-state index in [1.165, 1.54) is 6.42 Å². The van der Waals surface area contributed by atoms with E-state index in [0.717, 1.165) is 5.92 Å². The predicted molar refractivity (Wildman–Crippen MR) is 52.5 cm³/mol. The lowest BCUT2D eigenvalue weighted by atomic mass is 9.50. The molecule has 0 aromatic carbocycles. The molecular weight excluding hydrogens is 204 g/mol. The van der Waals surface area contributed by atoms with Gasteiger partial charge in [0, 0.05) is 23.7 Å². The molecule has 0 spiro atoms. The quantitative estimate of drug-likeness (QED) is 0.482. The molecule has 4 nitrogen and oxygen atoms in total. The second-order valence-corrected chi connectivity index (χ2v) is 7.03. The van der Waals surface area contributed by atoms with Gasteiger partial charge in [0.1, 0.15) is 5.60 Å². The molecule has 4 heteroatoms. The summed E-state index contributed by atoms with van der Waals surface area (Å²) < 4.78 is 0. The number of carbonyl (C=O) groups is 1. The molecule has 5 saturated carbocycles. The Morgan fingerprint density at radius 2 is 1.88 bits per heavy atom. The van der Waals surface area contributed by atoms with Crippen molar-refractivity contribution in [2.24, 2.45) is 53.1 Å². The highest BCUT2D eigenvalue weighted by molar-refractivity contribution is 5.91. The molecule has 2 saturated heterocycles. The minimum Gasteiger partial charge on any atom is -0.379 e. The number of hydrogen-bond donors (Lipinski definition) is 3. The molecule has 7 aliphatic rings. The Morgan fingerprint density at radius 1 is 1.19 bits per heavy atom. The number of piperidine rings is 2. The first kappa shape index (κ1) is 7.67. The standard InChI is InChI=1S/C12H14N2O2/c13-12-7-3-1-2-4-5(3)9(12)8(4)11(16,6(2)7)10(15)14-12/h2-9,16H,1,13H2,(H,14,15)/t2-,3-,4+,5+,6+,7+,8+,9-,11+,12-/m0/s1. The number of carbonyl (C=O) groups excluding carboxylic acids is 1. The van der Waals surface area contributed by atoms with Crippen LogP contribution in [0.3, 0.4) is 0 Å². The minimum absolute atomic E-state index is 0.161. The normalized spacial score (nSPS) is 83.2. The Bertz CT molecular complexity index is 493. The third-order valence-corrected chi connectivity index (χ3v) is 7.32. The molecule has 7 rings (SSSR count). The van der Waals surface area contributed by atoms with Crippen LogP contribution in [-0.2, 0) is 4.79 Å². The van der Waals surface area contributed by atoms with Crippen molar-refractivity contribution in [3.63, 3.8) is 0 Å². The molecular formula is C12H14N2O2. The van der Waals surface area contributed by atoms with Crippen molar-refractivity contribution in [1.29, 1.82) is 0 Å². The van der Waals surface area contributed by atoms with Crippen molar-refractivity contribution in [3.8, 4) is 0 Å². The van der Waals surface area contributed by atoms with Crippen LogP contribution in [0.15, 0.2) is 0 Å². The maximum atomic E-state index is 12.1. The second kappa shape index (κ2) is 1.58. The molecule has 4 bridgehead atoms. The molecule has 0 aromatic rings. The lowest BCUT2D eigenvalue weighted by Gasteiger charge is -2.62. The highest BCUT2D eigenvalue weighted by Gasteiger charge is 2.94. The molecule has 2 aliphatic heterocycles. The number of nitrogens with one attached hydrogen (secondary N) is 1. The van der Waals surface area contributed by atoms with Crippen LogP contribution in [0.1, 0.15) is 6.42 Å². The molecule has 0 unspecified atom stereocenters. The van der Waals surface area contributed by atoms with E-state index in [0.29, 0.717) is 29.6 Å². The molecule has 0 aromatic heterocycles. The zero-order valence-corrected chi connectivity index (χ0v) is 8.76. The molecule has 10 atom stereocenters. The van der Waals surface area contributed by atoms with Gasteiger partial charge in [-0.25, -0.2) is 0 Å². The Labute approximate surface area is 92.6 Å². The molecule has 2 heterocycles. The van der Waals surface area contributed by atoms with Gasteiger partial charge in [-0.15, -0.1) is 0 Å². The van der Waals surface area contributed by atoms with Gasteiger partial charge in [0.05, 0.1) is 5.66 Å². The summed E-state index contributed by atoms with van der Waals surface area (Å²) in [6, 6.07) is 0. The first-order valence-electron chi connectivity index (χ1n) is 6.44. The highest BCUT2D eigenvalue weighted by Crippen LogP contribution is 2.87. The monoisotopic (exact) mass is 218 g/mol. The zero-order valence-electron chi connectivity index (χ0n) is 8.76. The van der Waals surface area contributed by atoms with Crippen molar-refractivity contribution >= 4 is 5.91 Å². The van der Waals surface area contributed by atoms with Crippen LogP contribution in [0.4, 0.5) is 0 Å². The van der Waals surface area contributed by atoms with Crippen molar-refractivity contribution in [1.82, 2.24) is 5.32 Å². The van der Waals surface area contributed by atoms with Crippen LogP contribution in [0.5, 0.6) is 0 Å². The Kier molecular flexibility index (Phi) is 0.758. The van der Waals surface area contributed by atoms with Crippen molar-refractivity contribution in [3.05, 3.63) is 0 Å². The first-order chi connectivity index (χ1) is 7.60. The van der Waals surface area contributed by atoms with Crippen LogP contribution in [0.2, 0.25) is 0 Å². The topological polar surface area (TPSA) is 75.3 Å². The van der Waals surface area contributed by atoms with Gasteiger partial charge in [0.2, 0.25) is 0 Å².